The molecule has 0 heterocycles. The Kier molecular flexibility index (Phi) is 3.64. The molecule has 0 aromatic rings. The SMILES string of the molecule is CC(=O)O/C(CC#N)=N/O. The second-order valence-corrected chi connectivity index (χ2v) is 1.42. The van der Waals surface area contributed by atoms with Crippen LogP contribution in [-0.4, -0.2) is 17.1 Å². The number of nitrogens with zero attached hydrogens (tertiary/aromatic N) is 2. The summed E-state index contributed by atoms with van der Waals surface area (Å²) in [6.07, 6.45) is -0.212. The summed E-state index contributed by atoms with van der Waals surface area (Å²) < 4.78 is 4.28. The quantitative estimate of drug-likeness (QED) is 0.187. The van der Waals surface area contributed by atoms with Crippen molar-refractivity contribution in [2.45, 2.75) is 13.3 Å². The fourth-order valence-corrected chi connectivity index (χ4v) is 0.325. The summed E-state index contributed by atoms with van der Waals surface area (Å²) in [6.45, 7) is 1.16. The van der Waals surface area contributed by atoms with E-state index in [1.165, 1.54) is 0 Å². The highest BCUT2D eigenvalue weighted by atomic mass is 16.6. The molecule has 0 rings (SSSR count). The molecular weight excluding hydrogens is 136 g/mol. The number of carbonyl (C=O) groups excluding carboxylic acids is 1. The number of hydrogen-bond acceptors (Lipinski definition) is 5. The molecule has 0 atom stereocenters. The van der Waals surface area contributed by atoms with Gasteiger partial charge in [-0.25, -0.2) is 0 Å². The first-order valence-electron chi connectivity index (χ1n) is 2.47. The molecule has 0 radical (unpaired) electrons. The van der Waals surface area contributed by atoms with E-state index in [2.05, 4.69) is 9.89 Å². The lowest BCUT2D eigenvalue weighted by Crippen LogP contribution is -2.08. The monoisotopic (exact) mass is 142 g/mol. The largest absolute Gasteiger partial charge is 0.408 e. The average Bonchev–Trinajstić information content (AvgIpc) is 1.86. The maximum absolute atomic E-state index is 10.2. The molecule has 54 valence electrons. The van der Waals surface area contributed by atoms with E-state index in [4.69, 9.17) is 10.5 Å². The van der Waals surface area contributed by atoms with Gasteiger partial charge in [0.1, 0.15) is 6.42 Å². The van der Waals surface area contributed by atoms with Crippen LogP contribution in [0.25, 0.3) is 0 Å². The zero-order chi connectivity index (χ0) is 7.98. The third-order valence-electron chi connectivity index (χ3n) is 0.603. The number of rotatable bonds is 1. The molecule has 0 aromatic carbocycles. The molecule has 0 aromatic heterocycles. The molecule has 0 fully saturated rings. The van der Waals surface area contributed by atoms with Gasteiger partial charge in [0, 0.05) is 6.92 Å². The first-order chi connectivity index (χ1) is 4.70. The summed E-state index contributed by atoms with van der Waals surface area (Å²) in [4.78, 5) is 10.2. The van der Waals surface area contributed by atoms with Crippen LogP contribution in [0.15, 0.2) is 5.16 Å². The van der Waals surface area contributed by atoms with Crippen molar-refractivity contribution in [1.29, 1.82) is 5.26 Å². The third kappa shape index (κ3) is 3.43. The van der Waals surface area contributed by atoms with Crippen molar-refractivity contribution in [3.63, 3.8) is 0 Å². The fourth-order valence-electron chi connectivity index (χ4n) is 0.325. The van der Waals surface area contributed by atoms with Gasteiger partial charge in [-0.15, -0.1) is 0 Å². The zero-order valence-corrected chi connectivity index (χ0v) is 5.37. The second-order valence-electron chi connectivity index (χ2n) is 1.42. The predicted molar refractivity (Wildman–Crippen MR) is 31.2 cm³/mol. The molecule has 5 heteroatoms. The number of esters is 1. The highest BCUT2D eigenvalue weighted by Crippen LogP contribution is 1.87. The van der Waals surface area contributed by atoms with Crippen LogP contribution >= 0.6 is 0 Å². The third-order valence-corrected chi connectivity index (χ3v) is 0.603. The smallest absolute Gasteiger partial charge is 0.309 e. The molecule has 0 bridgehead atoms. The van der Waals surface area contributed by atoms with Crippen molar-refractivity contribution in [3.8, 4) is 6.07 Å². The maximum Gasteiger partial charge on any atom is 0.309 e. The minimum Gasteiger partial charge on any atom is -0.408 e. The van der Waals surface area contributed by atoms with Gasteiger partial charge in [-0.1, -0.05) is 5.16 Å². The number of nitriles is 1. The first-order valence-corrected chi connectivity index (χ1v) is 2.47. The van der Waals surface area contributed by atoms with Crippen molar-refractivity contribution in [2.24, 2.45) is 5.16 Å². The van der Waals surface area contributed by atoms with Gasteiger partial charge in [0.05, 0.1) is 6.07 Å². The highest BCUT2D eigenvalue weighted by Gasteiger charge is 2.02. The van der Waals surface area contributed by atoms with Crippen molar-refractivity contribution in [2.75, 3.05) is 0 Å². The Labute approximate surface area is 57.5 Å². The molecule has 0 aliphatic heterocycles. The fraction of sp³-hybridized carbons (Fsp3) is 0.400. The van der Waals surface area contributed by atoms with E-state index in [1.54, 1.807) is 6.07 Å². The lowest BCUT2D eigenvalue weighted by molar-refractivity contribution is -0.133. The lowest BCUT2D eigenvalue weighted by atomic mass is 10.5. The topological polar surface area (TPSA) is 82.7 Å². The van der Waals surface area contributed by atoms with Crippen LogP contribution in [0.4, 0.5) is 0 Å². The van der Waals surface area contributed by atoms with Crippen LogP contribution < -0.4 is 0 Å². The number of carbonyl (C=O) groups is 1. The average molecular weight is 142 g/mol. The lowest BCUT2D eigenvalue weighted by Gasteiger charge is -1.96. The normalized spacial score (nSPS) is 10.2. The van der Waals surface area contributed by atoms with Crippen molar-refractivity contribution < 1.29 is 14.7 Å². The van der Waals surface area contributed by atoms with Crippen molar-refractivity contribution >= 4 is 11.9 Å². The Hall–Kier alpha value is -1.57. The van der Waals surface area contributed by atoms with E-state index >= 15 is 0 Å². The Morgan fingerprint density at radius 2 is 2.50 bits per heavy atom. The van der Waals surface area contributed by atoms with E-state index in [-0.39, 0.29) is 12.3 Å². The maximum atomic E-state index is 10.2. The summed E-state index contributed by atoms with van der Waals surface area (Å²) in [5.41, 5.74) is 0. The molecule has 0 saturated carbocycles. The Morgan fingerprint density at radius 1 is 1.90 bits per heavy atom. The summed E-state index contributed by atoms with van der Waals surface area (Å²) in [7, 11) is 0. The minimum absolute atomic E-state index is 0.212. The molecule has 1 N–H and O–H groups in total. The van der Waals surface area contributed by atoms with Gasteiger partial charge in [-0.2, -0.15) is 5.26 Å². The van der Waals surface area contributed by atoms with Gasteiger partial charge in [0.25, 0.3) is 0 Å². The molecule has 0 amide bonds. The van der Waals surface area contributed by atoms with Gasteiger partial charge in [-0.05, 0) is 0 Å². The highest BCUT2D eigenvalue weighted by molar-refractivity contribution is 5.88. The van der Waals surface area contributed by atoms with Gasteiger partial charge in [0.15, 0.2) is 0 Å². The van der Waals surface area contributed by atoms with E-state index in [1.807, 2.05) is 0 Å². The number of oxime groups is 1. The number of ether oxygens (including phenoxy) is 1. The van der Waals surface area contributed by atoms with Crippen LogP contribution in [0.1, 0.15) is 13.3 Å². The summed E-state index contributed by atoms with van der Waals surface area (Å²) >= 11 is 0. The van der Waals surface area contributed by atoms with Gasteiger partial charge in [-0.3, -0.25) is 4.79 Å². The van der Waals surface area contributed by atoms with Gasteiger partial charge in [0.2, 0.25) is 5.90 Å². The van der Waals surface area contributed by atoms with Crippen molar-refractivity contribution in [3.05, 3.63) is 0 Å². The van der Waals surface area contributed by atoms with E-state index < -0.39 is 5.97 Å². The van der Waals surface area contributed by atoms with E-state index in [9.17, 15) is 4.79 Å². The summed E-state index contributed by atoms with van der Waals surface area (Å²) in [5.74, 6) is -0.891. The van der Waals surface area contributed by atoms with Crippen LogP contribution in [-0.2, 0) is 9.53 Å². The van der Waals surface area contributed by atoms with Crippen LogP contribution in [0.5, 0.6) is 0 Å². The standard InChI is InChI=1S/C5H6N2O3/c1-4(8)10-5(7-9)2-3-6/h9H,2H2,1H3/b7-5+. The molecule has 0 saturated heterocycles. The molecule has 5 nitrogen and oxygen atoms in total. The Bertz CT molecular complexity index is 192. The van der Waals surface area contributed by atoms with Crippen LogP contribution in [0, 0.1) is 11.3 Å². The Morgan fingerprint density at radius 3 is 2.80 bits per heavy atom. The molecular formula is C5H6N2O3. The summed E-state index contributed by atoms with van der Waals surface area (Å²) in [5, 5.41) is 18.7. The number of hydrogen-bond donors (Lipinski definition) is 1. The second kappa shape index (κ2) is 4.32. The minimum atomic E-state index is -0.608. The zero-order valence-electron chi connectivity index (χ0n) is 5.37. The van der Waals surface area contributed by atoms with E-state index in [0.717, 1.165) is 6.92 Å². The van der Waals surface area contributed by atoms with Crippen molar-refractivity contribution in [1.82, 2.24) is 0 Å². The first kappa shape index (κ1) is 8.43. The molecule has 0 unspecified atom stereocenters. The Balaban J connectivity index is 3.88. The van der Waals surface area contributed by atoms with Gasteiger partial charge < -0.3 is 9.94 Å². The molecule has 10 heavy (non-hydrogen) atoms. The van der Waals surface area contributed by atoms with Crippen LogP contribution in [0.2, 0.25) is 0 Å². The van der Waals surface area contributed by atoms with E-state index in [0.29, 0.717) is 0 Å². The van der Waals surface area contributed by atoms with Crippen LogP contribution in [0.3, 0.4) is 0 Å². The summed E-state index contributed by atoms with van der Waals surface area (Å²) in [6, 6.07) is 1.66. The molecule has 0 spiro atoms. The van der Waals surface area contributed by atoms with Gasteiger partial charge >= 0.3 is 5.97 Å². The molecule has 0 aliphatic carbocycles. The predicted octanol–water partition coefficient (Wildman–Crippen LogP) is 0.251. The molecule has 0 aliphatic rings.